The van der Waals surface area contributed by atoms with E-state index in [9.17, 15) is 0 Å². The Kier molecular flexibility index (Phi) is 9.13. The predicted molar refractivity (Wildman–Crippen MR) is 270 cm³/mol. The third-order valence-corrected chi connectivity index (χ3v) is 13.3. The fourth-order valence-corrected chi connectivity index (χ4v) is 10.4. The third-order valence-electron chi connectivity index (χ3n) is 13.3. The van der Waals surface area contributed by atoms with Crippen LogP contribution in [0, 0.1) is 0 Å². The van der Waals surface area contributed by atoms with Gasteiger partial charge in [-0.2, -0.15) is 0 Å². The molecule has 0 aliphatic heterocycles. The quantitative estimate of drug-likeness (QED) is 0.138. The van der Waals surface area contributed by atoms with E-state index in [1.54, 1.807) is 0 Å². The summed E-state index contributed by atoms with van der Waals surface area (Å²) in [6.45, 7) is 0. The summed E-state index contributed by atoms with van der Waals surface area (Å²) in [4.78, 5) is 2.47. The molecule has 0 unspecified atom stereocenters. The van der Waals surface area contributed by atoms with Gasteiger partial charge in [-0.1, -0.05) is 224 Å². The molecule has 0 radical (unpaired) electrons. The molecule has 0 atom stereocenters. The molecule has 1 nitrogen and oxygen atoms in total. The number of anilines is 3. The molecular weight excluding hydrogens is 771 g/mol. The maximum absolute atomic E-state index is 2.47. The summed E-state index contributed by atoms with van der Waals surface area (Å²) in [6, 6.07) is 95.8. The van der Waals surface area contributed by atoms with Gasteiger partial charge in [0, 0.05) is 16.9 Å². The monoisotopic (exact) mass is 813 g/mol. The lowest BCUT2D eigenvalue weighted by Crippen LogP contribution is -2.28. The minimum atomic E-state index is -0.504. The molecule has 1 aliphatic rings. The summed E-state index contributed by atoms with van der Waals surface area (Å²) >= 11 is 0. The van der Waals surface area contributed by atoms with Gasteiger partial charge in [0.25, 0.3) is 0 Å². The maximum Gasteiger partial charge on any atom is 0.0714 e. The maximum atomic E-state index is 2.47. The summed E-state index contributed by atoms with van der Waals surface area (Å²) in [5.74, 6) is 0. The van der Waals surface area contributed by atoms with E-state index in [1.165, 1.54) is 82.7 Å². The Morgan fingerprint density at radius 3 is 1.52 bits per heavy atom. The standard InChI is InChI=1S/C63H43N/c1-4-16-44(17-5-1)45-36-39-54(40-37-45)64(61-29-15-28-60-62(61)58-26-12-13-27-59(58)63(60,52-20-6-2-7-21-52)53-22-8-3-9-23-53)55-24-14-19-49(43-55)46-30-32-47(33-31-46)50-38-41-57-51(42-50)35-34-48-18-10-11-25-56(48)57/h1-43H. The zero-order valence-electron chi connectivity index (χ0n) is 35.3. The highest BCUT2D eigenvalue weighted by Gasteiger charge is 2.47. The predicted octanol–water partition coefficient (Wildman–Crippen LogP) is 16.8. The Morgan fingerprint density at radius 2 is 0.781 bits per heavy atom. The van der Waals surface area contributed by atoms with Gasteiger partial charge in [0.15, 0.2) is 0 Å². The molecule has 0 amide bonds. The topological polar surface area (TPSA) is 3.24 Å². The number of hydrogen-bond donors (Lipinski definition) is 0. The van der Waals surface area contributed by atoms with Crippen molar-refractivity contribution in [3.05, 3.63) is 283 Å². The van der Waals surface area contributed by atoms with Crippen LogP contribution in [0.2, 0.25) is 0 Å². The van der Waals surface area contributed by atoms with Crippen LogP contribution in [0.15, 0.2) is 261 Å². The highest BCUT2D eigenvalue weighted by Crippen LogP contribution is 2.59. The van der Waals surface area contributed by atoms with Gasteiger partial charge >= 0.3 is 0 Å². The van der Waals surface area contributed by atoms with Gasteiger partial charge in [-0.15, -0.1) is 0 Å². The largest absolute Gasteiger partial charge is 0.310 e. The lowest BCUT2D eigenvalue weighted by atomic mass is 9.68. The number of hydrogen-bond acceptors (Lipinski definition) is 1. The van der Waals surface area contributed by atoms with Crippen molar-refractivity contribution in [1.82, 2.24) is 0 Å². The molecule has 0 saturated carbocycles. The Hall–Kier alpha value is -8.26. The number of nitrogens with zero attached hydrogens (tertiary/aromatic N) is 1. The highest BCUT2D eigenvalue weighted by atomic mass is 15.1. The molecule has 0 spiro atoms. The van der Waals surface area contributed by atoms with Gasteiger partial charge in [-0.3, -0.25) is 0 Å². The SMILES string of the molecule is c1ccc(-c2ccc(N(c3cccc(-c4ccc(-c5ccc6c(ccc7ccccc76)c5)cc4)c3)c3cccc4c3-c3ccccc3C4(c3ccccc3)c3ccccc3)cc2)cc1. The number of benzene rings is 11. The van der Waals surface area contributed by atoms with Crippen LogP contribution < -0.4 is 4.90 Å². The van der Waals surface area contributed by atoms with Crippen LogP contribution in [0.5, 0.6) is 0 Å². The van der Waals surface area contributed by atoms with Crippen molar-refractivity contribution in [3.63, 3.8) is 0 Å². The number of rotatable bonds is 8. The normalized spacial score (nSPS) is 12.5. The van der Waals surface area contributed by atoms with E-state index >= 15 is 0 Å². The van der Waals surface area contributed by atoms with Gasteiger partial charge in [0.1, 0.15) is 0 Å². The summed E-state index contributed by atoms with van der Waals surface area (Å²) in [7, 11) is 0. The molecule has 1 heteroatoms. The fourth-order valence-electron chi connectivity index (χ4n) is 10.4. The van der Waals surface area contributed by atoms with Crippen LogP contribution >= 0.6 is 0 Å². The van der Waals surface area contributed by atoms with E-state index < -0.39 is 5.41 Å². The highest BCUT2D eigenvalue weighted by molar-refractivity contribution is 6.08. The zero-order chi connectivity index (χ0) is 42.5. The average Bonchev–Trinajstić information content (AvgIpc) is 3.69. The second-order valence-corrected chi connectivity index (χ2v) is 16.8. The second-order valence-electron chi connectivity index (χ2n) is 16.8. The van der Waals surface area contributed by atoms with E-state index in [4.69, 9.17) is 0 Å². The molecule has 11 aromatic carbocycles. The molecule has 11 aromatic rings. The first kappa shape index (κ1) is 37.5. The Balaban J connectivity index is 1.00. The summed E-state index contributed by atoms with van der Waals surface area (Å²) in [5.41, 5.74) is 17.6. The first-order chi connectivity index (χ1) is 31.7. The first-order valence-corrected chi connectivity index (χ1v) is 22.2. The van der Waals surface area contributed by atoms with Crippen molar-refractivity contribution < 1.29 is 0 Å². The van der Waals surface area contributed by atoms with Gasteiger partial charge in [-0.25, -0.2) is 0 Å². The van der Waals surface area contributed by atoms with E-state index in [2.05, 4.69) is 266 Å². The van der Waals surface area contributed by atoms with E-state index in [1.807, 2.05) is 0 Å². The molecule has 1 aliphatic carbocycles. The van der Waals surface area contributed by atoms with Gasteiger partial charge in [-0.05, 0) is 119 Å². The molecule has 0 fully saturated rings. The van der Waals surface area contributed by atoms with Crippen molar-refractivity contribution in [3.8, 4) is 44.5 Å². The summed E-state index contributed by atoms with van der Waals surface area (Å²) in [5, 5.41) is 5.10. The molecule has 0 bridgehead atoms. The molecule has 12 rings (SSSR count). The lowest BCUT2D eigenvalue weighted by molar-refractivity contribution is 0.768. The smallest absolute Gasteiger partial charge is 0.0714 e. The van der Waals surface area contributed by atoms with E-state index in [0.717, 1.165) is 22.6 Å². The van der Waals surface area contributed by atoms with E-state index in [-0.39, 0.29) is 0 Å². The first-order valence-electron chi connectivity index (χ1n) is 22.2. The second kappa shape index (κ2) is 15.6. The van der Waals surface area contributed by atoms with Crippen LogP contribution in [0.25, 0.3) is 66.1 Å². The van der Waals surface area contributed by atoms with Crippen molar-refractivity contribution in [2.75, 3.05) is 4.90 Å². The molecule has 0 aromatic heterocycles. The minimum Gasteiger partial charge on any atom is -0.310 e. The van der Waals surface area contributed by atoms with Crippen LogP contribution in [0.1, 0.15) is 22.3 Å². The van der Waals surface area contributed by atoms with Crippen molar-refractivity contribution in [1.29, 1.82) is 0 Å². The van der Waals surface area contributed by atoms with Crippen molar-refractivity contribution in [2.24, 2.45) is 0 Å². The molecule has 64 heavy (non-hydrogen) atoms. The fraction of sp³-hybridized carbons (Fsp3) is 0.0159. The Morgan fingerprint density at radius 1 is 0.281 bits per heavy atom. The van der Waals surface area contributed by atoms with E-state index in [0.29, 0.717) is 0 Å². The van der Waals surface area contributed by atoms with Crippen LogP contribution in [-0.4, -0.2) is 0 Å². The Labute approximate surface area is 374 Å². The Bertz CT molecular complexity index is 3420. The van der Waals surface area contributed by atoms with Gasteiger partial charge < -0.3 is 4.90 Å². The molecule has 0 saturated heterocycles. The molecule has 0 heterocycles. The van der Waals surface area contributed by atoms with Gasteiger partial charge in [0.2, 0.25) is 0 Å². The number of fused-ring (bicyclic) bond motifs is 6. The third kappa shape index (κ3) is 6.16. The van der Waals surface area contributed by atoms with Crippen LogP contribution in [-0.2, 0) is 5.41 Å². The lowest BCUT2D eigenvalue weighted by Gasteiger charge is -2.34. The van der Waals surface area contributed by atoms with Crippen LogP contribution in [0.4, 0.5) is 17.1 Å². The molecule has 300 valence electrons. The van der Waals surface area contributed by atoms with Crippen molar-refractivity contribution >= 4 is 38.6 Å². The summed E-state index contributed by atoms with van der Waals surface area (Å²) < 4.78 is 0. The van der Waals surface area contributed by atoms with Crippen molar-refractivity contribution in [2.45, 2.75) is 5.41 Å². The minimum absolute atomic E-state index is 0.504. The molecule has 0 N–H and O–H groups in total. The van der Waals surface area contributed by atoms with Crippen LogP contribution in [0.3, 0.4) is 0 Å². The molecular formula is C63H43N. The summed E-state index contributed by atoms with van der Waals surface area (Å²) in [6.07, 6.45) is 0. The average molecular weight is 814 g/mol. The van der Waals surface area contributed by atoms with Gasteiger partial charge in [0.05, 0.1) is 11.1 Å². The zero-order valence-corrected chi connectivity index (χ0v) is 35.3.